The highest BCUT2D eigenvalue weighted by Crippen LogP contribution is 2.48. The molecule has 4 heteroatoms. The van der Waals surface area contributed by atoms with Gasteiger partial charge in [0.15, 0.2) is 12.5 Å². The molecule has 2 atom stereocenters. The first-order valence-electron chi connectivity index (χ1n) is 9.87. The van der Waals surface area contributed by atoms with E-state index in [1.807, 2.05) is 13.8 Å². The molecule has 2 unspecified atom stereocenters. The van der Waals surface area contributed by atoms with Crippen molar-refractivity contribution in [3.63, 3.8) is 0 Å². The number of rotatable bonds is 3. The highest BCUT2D eigenvalue weighted by Gasteiger charge is 2.41. The predicted molar refractivity (Wildman–Crippen MR) is 112 cm³/mol. The second-order valence-electron chi connectivity index (χ2n) is 8.53. The number of hydrogen-bond acceptors (Lipinski definition) is 4. The fraction of sp³-hybridized carbons (Fsp3) is 0.333. The smallest absolute Gasteiger partial charge is 0.196 e. The van der Waals surface area contributed by atoms with Crippen LogP contribution in [0.2, 0.25) is 0 Å². The standard InChI is InChI=1S/C24H25NO3/c1-14(2)22-26-23(24(3,4)28-27-22)25-16-11-12-17-18-9-5-7-15-8-6-10-19(21(15)18)20(17)13-16/h5-14,22-23,25H,1-4H3. The van der Waals surface area contributed by atoms with E-state index in [2.05, 4.69) is 73.8 Å². The van der Waals surface area contributed by atoms with Crippen molar-refractivity contribution >= 4 is 16.5 Å². The van der Waals surface area contributed by atoms with E-state index in [0.29, 0.717) is 0 Å². The third kappa shape index (κ3) is 2.72. The Labute approximate surface area is 165 Å². The molecule has 0 spiro atoms. The lowest BCUT2D eigenvalue weighted by Gasteiger charge is -2.42. The normalized spacial score (nSPS) is 22.5. The monoisotopic (exact) mass is 375 g/mol. The third-order valence-corrected chi connectivity index (χ3v) is 5.61. The van der Waals surface area contributed by atoms with E-state index in [-0.39, 0.29) is 12.1 Å². The Kier molecular flexibility index (Phi) is 3.98. The summed E-state index contributed by atoms with van der Waals surface area (Å²) >= 11 is 0. The first-order chi connectivity index (χ1) is 13.4. The van der Waals surface area contributed by atoms with Crippen LogP contribution >= 0.6 is 0 Å². The lowest BCUT2D eigenvalue weighted by Crippen LogP contribution is -2.54. The molecule has 1 N–H and O–H groups in total. The number of benzene rings is 3. The molecular formula is C24H25NO3. The van der Waals surface area contributed by atoms with Gasteiger partial charge in [-0.2, -0.15) is 0 Å². The maximum atomic E-state index is 6.15. The summed E-state index contributed by atoms with van der Waals surface area (Å²) in [6, 6.07) is 19.5. The van der Waals surface area contributed by atoms with Crippen molar-refractivity contribution in [2.75, 3.05) is 5.32 Å². The predicted octanol–water partition coefficient (Wildman–Crippen LogP) is 5.96. The molecule has 1 aliphatic carbocycles. The van der Waals surface area contributed by atoms with Gasteiger partial charge in [-0.3, -0.25) is 0 Å². The number of anilines is 1. The molecule has 3 aromatic carbocycles. The number of nitrogens with one attached hydrogen (secondary N) is 1. The molecule has 3 aromatic rings. The molecule has 1 fully saturated rings. The van der Waals surface area contributed by atoms with E-state index in [1.165, 1.54) is 33.0 Å². The van der Waals surface area contributed by atoms with Crippen LogP contribution in [0.1, 0.15) is 27.7 Å². The van der Waals surface area contributed by atoms with Crippen LogP contribution in [0.4, 0.5) is 5.69 Å². The number of ether oxygens (including phenoxy) is 1. The van der Waals surface area contributed by atoms with Crippen LogP contribution in [0.25, 0.3) is 33.0 Å². The fourth-order valence-corrected chi connectivity index (χ4v) is 4.04. The van der Waals surface area contributed by atoms with Gasteiger partial charge in [0, 0.05) is 11.6 Å². The van der Waals surface area contributed by atoms with E-state index in [0.717, 1.165) is 5.69 Å². The average Bonchev–Trinajstić information content (AvgIpc) is 2.99. The average molecular weight is 375 g/mol. The van der Waals surface area contributed by atoms with Gasteiger partial charge in [0.2, 0.25) is 0 Å². The second-order valence-corrected chi connectivity index (χ2v) is 8.53. The van der Waals surface area contributed by atoms with E-state index in [9.17, 15) is 0 Å². The minimum atomic E-state index is -0.604. The molecule has 0 radical (unpaired) electrons. The van der Waals surface area contributed by atoms with Crippen molar-refractivity contribution in [2.24, 2.45) is 5.92 Å². The van der Waals surface area contributed by atoms with Crippen LogP contribution in [-0.2, 0) is 14.5 Å². The fourth-order valence-electron chi connectivity index (χ4n) is 4.04. The highest BCUT2D eigenvalue weighted by atomic mass is 17.2. The van der Waals surface area contributed by atoms with Gasteiger partial charge in [-0.25, -0.2) is 9.78 Å². The summed E-state index contributed by atoms with van der Waals surface area (Å²) in [5.41, 5.74) is 5.53. The quantitative estimate of drug-likeness (QED) is 0.448. The molecule has 28 heavy (non-hydrogen) atoms. The Morgan fingerprint density at radius 3 is 2.32 bits per heavy atom. The Morgan fingerprint density at radius 2 is 1.61 bits per heavy atom. The second kappa shape index (κ2) is 6.31. The van der Waals surface area contributed by atoms with Crippen LogP contribution in [0, 0.1) is 5.92 Å². The number of hydrogen-bond donors (Lipinski definition) is 1. The molecule has 144 valence electrons. The molecule has 0 amide bonds. The van der Waals surface area contributed by atoms with Gasteiger partial charge in [-0.05, 0) is 59.0 Å². The largest absolute Gasteiger partial charge is 0.358 e. The lowest BCUT2D eigenvalue weighted by atomic mass is 10.0. The zero-order valence-electron chi connectivity index (χ0n) is 16.7. The van der Waals surface area contributed by atoms with Gasteiger partial charge < -0.3 is 10.1 Å². The summed E-state index contributed by atoms with van der Waals surface area (Å²) in [4.78, 5) is 11.0. The summed E-state index contributed by atoms with van der Waals surface area (Å²) in [5, 5.41) is 6.13. The first kappa shape index (κ1) is 17.7. The van der Waals surface area contributed by atoms with E-state index < -0.39 is 11.9 Å². The van der Waals surface area contributed by atoms with Crippen LogP contribution in [0.5, 0.6) is 0 Å². The topological polar surface area (TPSA) is 39.7 Å². The molecule has 1 saturated heterocycles. The van der Waals surface area contributed by atoms with Gasteiger partial charge in [-0.15, -0.1) is 0 Å². The molecular weight excluding hydrogens is 350 g/mol. The Hall–Kier alpha value is -2.40. The number of fused-ring (bicyclic) bond motifs is 3. The van der Waals surface area contributed by atoms with Gasteiger partial charge in [0.05, 0.1) is 0 Å². The lowest BCUT2D eigenvalue weighted by molar-refractivity contribution is -0.485. The molecule has 0 saturated carbocycles. The highest BCUT2D eigenvalue weighted by molar-refractivity contribution is 6.15. The minimum Gasteiger partial charge on any atom is -0.358 e. The van der Waals surface area contributed by atoms with Crippen molar-refractivity contribution < 1.29 is 14.5 Å². The molecule has 2 aliphatic rings. The summed E-state index contributed by atoms with van der Waals surface area (Å²) < 4.78 is 6.15. The third-order valence-electron chi connectivity index (χ3n) is 5.61. The molecule has 1 heterocycles. The van der Waals surface area contributed by atoms with Gasteiger partial charge in [0.1, 0.15) is 5.60 Å². The Balaban J connectivity index is 1.50. The summed E-state index contributed by atoms with van der Waals surface area (Å²) in [6.45, 7) is 8.03. The first-order valence-corrected chi connectivity index (χ1v) is 9.87. The SMILES string of the molecule is CC(C)C1OOC(C)(C)C(Nc2ccc3c(c2)-c2cccc4cccc-3c24)O1. The van der Waals surface area contributed by atoms with Crippen LogP contribution < -0.4 is 5.32 Å². The maximum Gasteiger partial charge on any atom is 0.196 e. The van der Waals surface area contributed by atoms with Crippen molar-refractivity contribution in [3.05, 3.63) is 54.6 Å². The van der Waals surface area contributed by atoms with Crippen molar-refractivity contribution in [3.8, 4) is 22.3 Å². The van der Waals surface area contributed by atoms with E-state index >= 15 is 0 Å². The minimum absolute atomic E-state index is 0.201. The van der Waals surface area contributed by atoms with Gasteiger partial charge in [-0.1, -0.05) is 56.3 Å². The summed E-state index contributed by atoms with van der Waals surface area (Å²) in [6.07, 6.45) is -0.704. The van der Waals surface area contributed by atoms with Gasteiger partial charge in [0.25, 0.3) is 0 Å². The van der Waals surface area contributed by atoms with E-state index in [4.69, 9.17) is 14.5 Å². The van der Waals surface area contributed by atoms with E-state index in [1.54, 1.807) is 0 Å². The Bertz CT molecular complexity index is 1050. The molecule has 4 nitrogen and oxygen atoms in total. The van der Waals surface area contributed by atoms with Crippen molar-refractivity contribution in [1.29, 1.82) is 0 Å². The molecule has 5 rings (SSSR count). The van der Waals surface area contributed by atoms with Crippen LogP contribution in [-0.4, -0.2) is 18.1 Å². The zero-order chi connectivity index (χ0) is 19.5. The van der Waals surface area contributed by atoms with Crippen LogP contribution in [0.15, 0.2) is 54.6 Å². The Morgan fingerprint density at radius 1 is 0.893 bits per heavy atom. The van der Waals surface area contributed by atoms with Crippen LogP contribution in [0.3, 0.4) is 0 Å². The molecule has 0 bridgehead atoms. The summed E-state index contributed by atoms with van der Waals surface area (Å²) in [7, 11) is 0. The van der Waals surface area contributed by atoms with Crippen molar-refractivity contribution in [2.45, 2.75) is 45.8 Å². The maximum absolute atomic E-state index is 6.15. The van der Waals surface area contributed by atoms with Gasteiger partial charge >= 0.3 is 0 Å². The summed E-state index contributed by atoms with van der Waals surface area (Å²) in [5.74, 6) is 0.201. The molecule has 1 aliphatic heterocycles. The molecule has 0 aromatic heterocycles. The zero-order valence-corrected chi connectivity index (χ0v) is 16.7. The van der Waals surface area contributed by atoms with Crippen molar-refractivity contribution in [1.82, 2.24) is 0 Å².